The molecule has 0 unspecified atom stereocenters. The van der Waals surface area contributed by atoms with Gasteiger partial charge in [-0.15, -0.1) is 0 Å². The van der Waals surface area contributed by atoms with Crippen LogP contribution in [0.2, 0.25) is 0 Å². The van der Waals surface area contributed by atoms with Crippen molar-refractivity contribution in [2.75, 3.05) is 11.9 Å². The average molecular weight is 342 g/mol. The van der Waals surface area contributed by atoms with Crippen molar-refractivity contribution in [1.82, 2.24) is 4.98 Å². The van der Waals surface area contributed by atoms with E-state index in [9.17, 15) is 9.59 Å². The highest BCUT2D eigenvalue weighted by Crippen LogP contribution is 2.17. The zero-order valence-electron chi connectivity index (χ0n) is 14.6. The van der Waals surface area contributed by atoms with Gasteiger partial charge in [0.15, 0.2) is 6.10 Å². The number of aromatic nitrogens is 1. The van der Waals surface area contributed by atoms with E-state index in [2.05, 4.69) is 17.2 Å². The van der Waals surface area contributed by atoms with Gasteiger partial charge in [-0.3, -0.25) is 4.79 Å². The molecular formula is C19H22N2O4. The van der Waals surface area contributed by atoms with Crippen LogP contribution in [0.3, 0.4) is 0 Å². The van der Waals surface area contributed by atoms with Gasteiger partial charge in [0.25, 0.3) is 5.91 Å². The average Bonchev–Trinajstić information content (AvgIpc) is 2.63. The normalized spacial score (nSPS) is 11.5. The van der Waals surface area contributed by atoms with Crippen molar-refractivity contribution in [3.05, 3.63) is 53.7 Å². The Kier molecular flexibility index (Phi) is 6.51. The predicted molar refractivity (Wildman–Crippen MR) is 94.7 cm³/mol. The van der Waals surface area contributed by atoms with E-state index >= 15 is 0 Å². The Morgan fingerprint density at radius 2 is 1.88 bits per heavy atom. The number of ether oxygens (including phenoxy) is 2. The summed E-state index contributed by atoms with van der Waals surface area (Å²) in [6.07, 6.45) is 1.50. The second-order valence-electron chi connectivity index (χ2n) is 5.38. The van der Waals surface area contributed by atoms with Crippen molar-refractivity contribution in [3.8, 4) is 5.88 Å². The summed E-state index contributed by atoms with van der Waals surface area (Å²) in [5.74, 6) is -0.863. The highest BCUT2D eigenvalue weighted by atomic mass is 16.5. The Hall–Kier alpha value is -2.89. The van der Waals surface area contributed by atoms with Crippen LogP contribution in [-0.2, 0) is 16.0 Å². The lowest BCUT2D eigenvalue weighted by molar-refractivity contribution is -0.123. The van der Waals surface area contributed by atoms with Gasteiger partial charge in [-0.1, -0.05) is 19.1 Å². The molecule has 1 N–H and O–H groups in total. The van der Waals surface area contributed by atoms with Crippen LogP contribution in [0.1, 0.15) is 36.7 Å². The number of hydrogen-bond donors (Lipinski definition) is 1. The highest BCUT2D eigenvalue weighted by Gasteiger charge is 2.22. The third-order valence-electron chi connectivity index (χ3n) is 3.55. The third kappa shape index (κ3) is 5.04. The molecule has 6 heteroatoms. The van der Waals surface area contributed by atoms with E-state index in [0.717, 1.165) is 6.42 Å². The molecule has 0 fully saturated rings. The number of hydrogen-bond acceptors (Lipinski definition) is 5. The van der Waals surface area contributed by atoms with Gasteiger partial charge >= 0.3 is 5.97 Å². The topological polar surface area (TPSA) is 77.5 Å². The molecule has 6 nitrogen and oxygen atoms in total. The summed E-state index contributed by atoms with van der Waals surface area (Å²) in [5.41, 5.74) is 2.02. The summed E-state index contributed by atoms with van der Waals surface area (Å²) in [5, 5.41) is 2.73. The van der Waals surface area contributed by atoms with E-state index < -0.39 is 18.0 Å². The molecule has 0 aliphatic rings. The molecule has 0 spiro atoms. The summed E-state index contributed by atoms with van der Waals surface area (Å²) in [6, 6.07) is 10.7. The van der Waals surface area contributed by atoms with E-state index in [0.29, 0.717) is 12.3 Å². The van der Waals surface area contributed by atoms with E-state index in [-0.39, 0.29) is 11.4 Å². The number of esters is 1. The number of pyridine rings is 1. The molecule has 0 saturated carbocycles. The molecule has 132 valence electrons. The van der Waals surface area contributed by atoms with E-state index in [4.69, 9.17) is 9.47 Å². The van der Waals surface area contributed by atoms with Crippen LogP contribution in [0.5, 0.6) is 5.88 Å². The Labute approximate surface area is 147 Å². The Morgan fingerprint density at radius 3 is 2.52 bits per heavy atom. The molecule has 1 heterocycles. The van der Waals surface area contributed by atoms with E-state index in [1.807, 2.05) is 24.3 Å². The van der Waals surface area contributed by atoms with E-state index in [1.54, 1.807) is 19.1 Å². The summed E-state index contributed by atoms with van der Waals surface area (Å²) < 4.78 is 10.5. The fourth-order valence-electron chi connectivity index (χ4n) is 2.14. The third-order valence-corrected chi connectivity index (χ3v) is 3.55. The first-order valence-electron chi connectivity index (χ1n) is 8.23. The van der Waals surface area contributed by atoms with Crippen molar-refractivity contribution in [3.63, 3.8) is 0 Å². The number of anilines is 1. The zero-order chi connectivity index (χ0) is 18.2. The zero-order valence-corrected chi connectivity index (χ0v) is 14.6. The molecule has 2 rings (SSSR count). The quantitative estimate of drug-likeness (QED) is 0.782. The molecular weight excluding hydrogens is 320 g/mol. The second kappa shape index (κ2) is 8.82. The minimum atomic E-state index is -0.951. The van der Waals surface area contributed by atoms with Crippen molar-refractivity contribution in [2.24, 2.45) is 0 Å². The summed E-state index contributed by atoms with van der Waals surface area (Å²) >= 11 is 0. The maximum absolute atomic E-state index is 12.3. The Bertz CT molecular complexity index is 728. The van der Waals surface area contributed by atoms with Gasteiger partial charge < -0.3 is 14.8 Å². The summed E-state index contributed by atoms with van der Waals surface area (Å²) in [7, 11) is 0. The molecule has 1 aromatic heterocycles. The number of rotatable bonds is 7. The fourth-order valence-corrected chi connectivity index (χ4v) is 2.14. The number of carbonyl (C=O) groups is 2. The van der Waals surface area contributed by atoms with Crippen LogP contribution >= 0.6 is 0 Å². The van der Waals surface area contributed by atoms with Crippen molar-refractivity contribution < 1.29 is 19.1 Å². The number of carbonyl (C=O) groups excluding carboxylic acids is 2. The van der Waals surface area contributed by atoms with Crippen molar-refractivity contribution in [2.45, 2.75) is 33.3 Å². The fraction of sp³-hybridized carbons (Fsp3) is 0.316. The van der Waals surface area contributed by atoms with Gasteiger partial charge in [-0.05, 0) is 50.1 Å². The second-order valence-corrected chi connectivity index (χ2v) is 5.38. The summed E-state index contributed by atoms with van der Waals surface area (Å²) in [4.78, 5) is 28.5. The molecule has 1 amide bonds. The van der Waals surface area contributed by atoms with E-state index in [1.165, 1.54) is 18.7 Å². The monoisotopic (exact) mass is 342 g/mol. The molecule has 0 aliphatic heterocycles. The molecule has 1 aromatic carbocycles. The molecule has 1 atom stereocenters. The van der Waals surface area contributed by atoms with Gasteiger partial charge in [0.05, 0.1) is 6.61 Å². The van der Waals surface area contributed by atoms with Crippen LogP contribution in [-0.4, -0.2) is 29.6 Å². The molecule has 0 bridgehead atoms. The van der Waals surface area contributed by atoms with Crippen molar-refractivity contribution >= 4 is 17.6 Å². The lowest BCUT2D eigenvalue weighted by atomic mass is 10.1. The van der Waals surface area contributed by atoms with Gasteiger partial charge in [0.2, 0.25) is 5.88 Å². The van der Waals surface area contributed by atoms with Gasteiger partial charge in [-0.25, -0.2) is 9.78 Å². The predicted octanol–water partition coefficient (Wildman–Crippen LogP) is 3.23. The van der Waals surface area contributed by atoms with Crippen LogP contribution in [0, 0.1) is 0 Å². The lowest BCUT2D eigenvalue weighted by Gasteiger charge is -2.14. The van der Waals surface area contributed by atoms with Gasteiger partial charge in [-0.2, -0.15) is 0 Å². The molecule has 0 saturated heterocycles. The van der Waals surface area contributed by atoms with Gasteiger partial charge in [0, 0.05) is 11.9 Å². The van der Waals surface area contributed by atoms with Crippen LogP contribution in [0.4, 0.5) is 5.69 Å². The van der Waals surface area contributed by atoms with Crippen molar-refractivity contribution in [1.29, 1.82) is 0 Å². The highest BCUT2D eigenvalue weighted by molar-refractivity contribution is 5.98. The Morgan fingerprint density at radius 1 is 1.16 bits per heavy atom. The molecule has 25 heavy (non-hydrogen) atoms. The SMILES string of the molecule is CCOc1ncccc1C(=O)O[C@@H](C)C(=O)Nc1ccc(CC)cc1. The number of aryl methyl sites for hydroxylation is 1. The first kappa shape index (κ1) is 18.4. The largest absolute Gasteiger partial charge is 0.477 e. The first-order chi connectivity index (χ1) is 12.0. The smallest absolute Gasteiger partial charge is 0.344 e. The minimum Gasteiger partial charge on any atom is -0.477 e. The maximum Gasteiger partial charge on any atom is 0.344 e. The Balaban J connectivity index is 1.99. The molecule has 2 aromatic rings. The molecule has 0 aliphatic carbocycles. The van der Waals surface area contributed by atoms with Gasteiger partial charge in [0.1, 0.15) is 5.56 Å². The number of nitrogens with one attached hydrogen (secondary N) is 1. The first-order valence-corrected chi connectivity index (χ1v) is 8.23. The number of nitrogens with zero attached hydrogens (tertiary/aromatic N) is 1. The standard InChI is InChI=1S/C19H22N2O4/c1-4-14-8-10-15(11-9-14)21-17(22)13(3)25-19(23)16-7-6-12-20-18(16)24-5-2/h6-13H,4-5H2,1-3H3,(H,21,22)/t13-/m0/s1. The molecule has 0 radical (unpaired) electrons. The maximum atomic E-state index is 12.3. The summed E-state index contributed by atoms with van der Waals surface area (Å²) in [6.45, 7) is 5.75. The number of benzene rings is 1. The lowest BCUT2D eigenvalue weighted by Crippen LogP contribution is -2.30. The minimum absolute atomic E-state index is 0.191. The van der Waals surface area contributed by atoms with Crippen LogP contribution in [0.25, 0.3) is 0 Å². The van der Waals surface area contributed by atoms with Crippen LogP contribution in [0.15, 0.2) is 42.6 Å². The number of amides is 1. The van der Waals surface area contributed by atoms with Crippen LogP contribution < -0.4 is 10.1 Å².